The number of hydrogen-bond donors (Lipinski definition) is 2. The Balaban J connectivity index is -0.000000162. The first-order chi connectivity index (χ1) is 38.4. The average Bonchev–Trinajstić information content (AvgIpc) is 3.42. The summed E-state index contributed by atoms with van der Waals surface area (Å²) < 4.78 is 45.5. The van der Waals surface area contributed by atoms with Crippen LogP contribution in [0.2, 0.25) is 0 Å². The molecule has 0 aromatic heterocycles. The van der Waals surface area contributed by atoms with Gasteiger partial charge in [-0.3, -0.25) is 19.2 Å². The Hall–Kier alpha value is -4.76. The van der Waals surface area contributed by atoms with Crippen molar-refractivity contribution in [2.75, 3.05) is 46.7 Å². The molecule has 0 aliphatic heterocycles. The van der Waals surface area contributed by atoms with E-state index in [1.165, 1.54) is 116 Å². The normalized spacial score (nSPS) is 11.1. The number of carbonyl (C=O) groups excluding carboxylic acids is 8. The van der Waals surface area contributed by atoms with Crippen LogP contribution in [-0.4, -0.2) is 139 Å². The number of methoxy groups -OCH3 is 1. The van der Waals surface area contributed by atoms with Gasteiger partial charge in [0.05, 0.1) is 57.8 Å². The molecule has 0 spiro atoms. The molecular formula is C63H116AlB2N2O16. The molecule has 0 saturated heterocycles. The Morgan fingerprint density at radius 3 is 1.21 bits per heavy atom. The molecule has 0 aliphatic carbocycles. The molecule has 0 saturated carbocycles. The molecule has 2 N–H and O–H groups in total. The van der Waals surface area contributed by atoms with Gasteiger partial charge in [-0.05, 0) is 86.5 Å². The fourth-order valence-corrected chi connectivity index (χ4v) is 7.05. The first-order valence-electron chi connectivity index (χ1n) is 29.7. The van der Waals surface area contributed by atoms with E-state index in [1.807, 2.05) is 20.8 Å². The van der Waals surface area contributed by atoms with Gasteiger partial charge < -0.3 is 43.2 Å². The van der Waals surface area contributed by atoms with Gasteiger partial charge in [-0.1, -0.05) is 171 Å². The Labute approximate surface area is 522 Å². The third-order valence-electron chi connectivity index (χ3n) is 11.4. The van der Waals surface area contributed by atoms with Crippen molar-refractivity contribution >= 4 is 80.8 Å². The number of alkyl carbamates (subject to hydrolysis) is 1. The molecule has 7 radical (unpaired) electrons. The van der Waals surface area contributed by atoms with Crippen molar-refractivity contribution in [1.82, 2.24) is 5.32 Å². The fraction of sp³-hybridized carbons (Fsp3) is 0.778. The van der Waals surface area contributed by atoms with Gasteiger partial charge in [0.25, 0.3) is 0 Å². The minimum atomic E-state index is -0.618. The zero-order valence-corrected chi connectivity index (χ0v) is 54.9. The van der Waals surface area contributed by atoms with Crippen LogP contribution in [0.15, 0.2) is 38.0 Å². The maximum atomic E-state index is 12.3. The van der Waals surface area contributed by atoms with E-state index in [0.29, 0.717) is 32.7 Å². The Kier molecular flexibility index (Phi) is 76.7. The van der Waals surface area contributed by atoms with E-state index >= 15 is 0 Å². The molecule has 3 atom stereocenters. The van der Waals surface area contributed by atoms with Gasteiger partial charge in [0.2, 0.25) is 0 Å². The van der Waals surface area contributed by atoms with Crippen LogP contribution in [0.4, 0.5) is 4.79 Å². The predicted octanol–water partition coefficient (Wildman–Crippen LogP) is 13.8. The second-order valence-corrected chi connectivity index (χ2v) is 21.3. The summed E-state index contributed by atoms with van der Waals surface area (Å²) in [6.45, 7) is 32.3. The number of carbonyl (C=O) groups is 8. The number of amides is 1. The van der Waals surface area contributed by atoms with E-state index in [1.54, 1.807) is 64.6 Å². The van der Waals surface area contributed by atoms with Crippen molar-refractivity contribution in [2.45, 2.75) is 255 Å². The van der Waals surface area contributed by atoms with E-state index in [2.05, 4.69) is 41.5 Å². The molecule has 21 heteroatoms. The monoisotopic (exact) mass is 1210 g/mol. The third-order valence-corrected chi connectivity index (χ3v) is 11.4. The van der Waals surface area contributed by atoms with Gasteiger partial charge in [0, 0.05) is 41.5 Å². The van der Waals surface area contributed by atoms with Crippen molar-refractivity contribution in [1.29, 1.82) is 4.35 Å². The van der Waals surface area contributed by atoms with Gasteiger partial charge >= 0.3 is 68.3 Å². The summed E-state index contributed by atoms with van der Waals surface area (Å²) in [7, 11) is 1.29. The topological polar surface area (TPSA) is 246 Å². The van der Waals surface area contributed by atoms with Gasteiger partial charge in [-0.25, -0.2) is 19.2 Å². The average molecular weight is 1210 g/mol. The van der Waals surface area contributed by atoms with Crippen molar-refractivity contribution < 1.29 is 76.3 Å². The molecule has 18 nitrogen and oxygen atoms in total. The Bertz CT molecular complexity index is 1680. The standard InChI is InChI=1S/C24H42O8.C21H40O2.C10H17NO4.C7H12O2.CH4.Al.2B.HN/c1-8-10-13-31-23(28)18(9-2)16-19(22(27)29-7)15-17(3)21(26)30-14-11-12-20(25)32-24(4,5)6;1-3-5-6-7-8-9-10-11-12-13-14-15-16-17-18-19-20-23-21(22)4-2;1-5-8(12)14-7-6-11-9(13)15-10(2,3)4;1-3-5-6-9-7(8)4-2;;;;;/h17-19H,8-16H2,1-7H3;4H,2-3,5-20H2,1H3;5H,1,6-7H2,2-4H3,(H,11,13);4H,2-3,5-6H2,1H3;1H4;;;;1H. The van der Waals surface area contributed by atoms with E-state index < -0.39 is 53.0 Å². The van der Waals surface area contributed by atoms with Crippen molar-refractivity contribution in [3.63, 3.8) is 0 Å². The van der Waals surface area contributed by atoms with Gasteiger partial charge in [-0.15, -0.1) is 0 Å². The van der Waals surface area contributed by atoms with Crippen molar-refractivity contribution in [2.24, 2.45) is 17.8 Å². The van der Waals surface area contributed by atoms with Crippen LogP contribution >= 0.6 is 0 Å². The van der Waals surface area contributed by atoms with Gasteiger partial charge in [0.1, 0.15) is 17.8 Å². The quantitative estimate of drug-likeness (QED) is 0.0190. The summed E-state index contributed by atoms with van der Waals surface area (Å²) in [5.74, 6) is -4.35. The molecular weight excluding hydrogens is 1090 g/mol. The Morgan fingerprint density at radius 1 is 0.476 bits per heavy atom. The second-order valence-electron chi connectivity index (χ2n) is 21.3. The number of unbranched alkanes of at least 4 members (excludes halogenated alkanes) is 17. The van der Waals surface area contributed by atoms with E-state index in [-0.39, 0.29) is 87.2 Å². The van der Waals surface area contributed by atoms with E-state index in [0.717, 1.165) is 38.2 Å². The second kappa shape index (κ2) is 67.4. The number of hydrogen-bond acceptors (Lipinski definition) is 17. The number of rotatable bonds is 41. The van der Waals surface area contributed by atoms with Crippen LogP contribution < -0.4 is 5.32 Å². The fourth-order valence-electron chi connectivity index (χ4n) is 7.05. The molecule has 0 aromatic carbocycles. The molecule has 0 rings (SSSR count). The summed E-state index contributed by atoms with van der Waals surface area (Å²) in [6, 6.07) is 0. The third kappa shape index (κ3) is 73.3. The zero-order valence-electron chi connectivity index (χ0n) is 53.8. The van der Waals surface area contributed by atoms with Crippen molar-refractivity contribution in [3.8, 4) is 0 Å². The van der Waals surface area contributed by atoms with Crippen LogP contribution in [-0.2, 0) is 71.5 Å². The van der Waals surface area contributed by atoms with Crippen LogP contribution in [0.3, 0.4) is 0 Å². The summed E-state index contributed by atoms with van der Waals surface area (Å²) in [5, 5.41) is 2.45. The van der Waals surface area contributed by atoms with Crippen LogP contribution in [0.25, 0.3) is 0 Å². The number of nitrogens with one attached hydrogen (secondary N) is 2. The SMILES string of the molecule is C.C=CC(=O)OCCCC.C=CC(=O)OCCCCCCCCCCCCCCCCCC.C=CC(=O)OCCNC(=O)OC(C)(C)C.CCCCOC(=O)C(CC)CC(CC(C)C(=O)OCCCC(=O)OC(C)(C)C)C(=O)OC.[B].[B].[NH]=[Al]. The molecule has 0 aromatic rings. The first kappa shape index (κ1) is 95.6. The zero-order chi connectivity index (χ0) is 62.8. The van der Waals surface area contributed by atoms with Crippen LogP contribution in [0.5, 0.6) is 0 Å². The summed E-state index contributed by atoms with van der Waals surface area (Å²) >= 11 is 1.67. The summed E-state index contributed by atoms with van der Waals surface area (Å²) in [6.07, 6.45) is 29.9. The van der Waals surface area contributed by atoms with Crippen LogP contribution in [0, 0.1) is 22.1 Å². The first-order valence-corrected chi connectivity index (χ1v) is 30.3. The predicted molar refractivity (Wildman–Crippen MR) is 338 cm³/mol. The van der Waals surface area contributed by atoms with Gasteiger partial charge in [-0.2, -0.15) is 0 Å². The molecule has 0 fully saturated rings. The number of ether oxygens (including phenoxy) is 8. The molecule has 3 unspecified atom stereocenters. The van der Waals surface area contributed by atoms with Crippen LogP contribution in [0.1, 0.15) is 244 Å². The molecule has 0 aliphatic rings. The molecule has 0 heterocycles. The molecule has 0 bridgehead atoms. The van der Waals surface area contributed by atoms with Gasteiger partial charge in [0.15, 0.2) is 0 Å². The van der Waals surface area contributed by atoms with E-state index in [9.17, 15) is 38.4 Å². The van der Waals surface area contributed by atoms with Crippen molar-refractivity contribution in [3.05, 3.63) is 38.0 Å². The minimum absolute atomic E-state index is 0. The Morgan fingerprint density at radius 2 is 0.833 bits per heavy atom. The molecule has 483 valence electrons. The number of esters is 7. The van der Waals surface area contributed by atoms with E-state index in [4.69, 9.17) is 32.8 Å². The molecule has 84 heavy (non-hydrogen) atoms. The summed E-state index contributed by atoms with van der Waals surface area (Å²) in [5.41, 5.74) is -1.08. The maximum absolute atomic E-state index is 12.3. The molecule has 1 amide bonds. The summed E-state index contributed by atoms with van der Waals surface area (Å²) in [4.78, 5) is 91.5.